The molecule has 98 valence electrons. The summed E-state index contributed by atoms with van der Waals surface area (Å²) in [5, 5.41) is 21.8. The summed E-state index contributed by atoms with van der Waals surface area (Å²) in [6.45, 7) is 2.71. The van der Waals surface area contributed by atoms with Crippen LogP contribution in [0.4, 0.5) is 0 Å². The van der Waals surface area contributed by atoms with Gasteiger partial charge in [0.25, 0.3) is 5.91 Å². The summed E-state index contributed by atoms with van der Waals surface area (Å²) in [6, 6.07) is 4.38. The molecular formula is C13H17NO3S. The van der Waals surface area contributed by atoms with Crippen LogP contribution >= 0.6 is 11.8 Å². The molecule has 3 N–H and O–H groups in total. The normalized spacial score (nSPS) is 22.9. The summed E-state index contributed by atoms with van der Waals surface area (Å²) in [5.74, 6) is 0.143. The second-order valence-electron chi connectivity index (χ2n) is 4.76. The van der Waals surface area contributed by atoms with Crippen molar-refractivity contribution in [2.75, 3.05) is 12.3 Å². The molecule has 4 nitrogen and oxygen atoms in total. The number of hydrogen-bond acceptors (Lipinski definition) is 4. The molecule has 0 saturated carbocycles. The van der Waals surface area contributed by atoms with E-state index >= 15 is 0 Å². The predicted molar refractivity (Wildman–Crippen MR) is 72.2 cm³/mol. The highest BCUT2D eigenvalue weighted by Gasteiger charge is 2.30. The number of nitrogens with one attached hydrogen (secondary N) is 1. The molecule has 1 aliphatic rings. The third-order valence-corrected chi connectivity index (χ3v) is 4.72. The first-order chi connectivity index (χ1) is 8.52. The maximum Gasteiger partial charge on any atom is 0.255 e. The van der Waals surface area contributed by atoms with Crippen LogP contribution in [0.15, 0.2) is 18.2 Å². The third kappa shape index (κ3) is 2.72. The number of amides is 1. The second kappa shape index (κ2) is 5.10. The molecule has 0 bridgehead atoms. The summed E-state index contributed by atoms with van der Waals surface area (Å²) in [5.41, 5.74) is 0.113. The minimum absolute atomic E-state index is 0.0854. The van der Waals surface area contributed by atoms with Gasteiger partial charge in [0.15, 0.2) is 11.5 Å². The lowest BCUT2D eigenvalue weighted by Gasteiger charge is -2.22. The Kier molecular flexibility index (Phi) is 3.71. The fourth-order valence-electron chi connectivity index (χ4n) is 2.05. The van der Waals surface area contributed by atoms with Gasteiger partial charge in [0.05, 0.1) is 5.56 Å². The van der Waals surface area contributed by atoms with Gasteiger partial charge in [0.2, 0.25) is 0 Å². The van der Waals surface area contributed by atoms with Crippen molar-refractivity contribution >= 4 is 17.7 Å². The molecule has 1 aromatic rings. The zero-order chi connectivity index (χ0) is 13.2. The van der Waals surface area contributed by atoms with Gasteiger partial charge < -0.3 is 15.5 Å². The molecule has 2 rings (SSSR count). The van der Waals surface area contributed by atoms with E-state index in [4.69, 9.17) is 0 Å². The average Bonchev–Trinajstić information content (AvgIpc) is 2.77. The van der Waals surface area contributed by atoms with Crippen LogP contribution in [0.1, 0.15) is 30.1 Å². The topological polar surface area (TPSA) is 69.6 Å². The molecule has 1 aromatic carbocycles. The minimum Gasteiger partial charge on any atom is -0.504 e. The van der Waals surface area contributed by atoms with Crippen molar-refractivity contribution < 1.29 is 15.0 Å². The highest BCUT2D eigenvalue weighted by Crippen LogP contribution is 2.37. The Morgan fingerprint density at radius 3 is 2.94 bits per heavy atom. The Bertz CT molecular complexity index is 456. The van der Waals surface area contributed by atoms with Crippen molar-refractivity contribution in [2.45, 2.75) is 24.5 Å². The van der Waals surface area contributed by atoms with Crippen molar-refractivity contribution in [3.8, 4) is 11.5 Å². The Hall–Kier alpha value is -1.36. The van der Waals surface area contributed by atoms with Gasteiger partial charge in [-0.1, -0.05) is 6.07 Å². The summed E-state index contributed by atoms with van der Waals surface area (Å²) in [6.07, 6.45) is 2.26. The SMILES string of the molecule is CC1(CNC(=O)c2cccc(O)c2O)CCCS1. The van der Waals surface area contributed by atoms with Gasteiger partial charge in [-0.05, 0) is 37.7 Å². The summed E-state index contributed by atoms with van der Waals surface area (Å²) < 4.78 is 0.0854. The molecule has 5 heteroatoms. The van der Waals surface area contributed by atoms with Crippen LogP contribution in [0.2, 0.25) is 0 Å². The van der Waals surface area contributed by atoms with Gasteiger partial charge in [-0.2, -0.15) is 11.8 Å². The standard InChI is InChI=1S/C13H17NO3S/c1-13(6-3-7-18-13)8-14-12(17)9-4-2-5-10(15)11(9)16/h2,4-5,15-16H,3,6-8H2,1H3,(H,14,17). The Labute approximate surface area is 110 Å². The summed E-state index contributed by atoms with van der Waals surface area (Å²) in [4.78, 5) is 11.9. The van der Waals surface area contributed by atoms with E-state index < -0.39 is 0 Å². The van der Waals surface area contributed by atoms with Gasteiger partial charge in [0, 0.05) is 11.3 Å². The lowest BCUT2D eigenvalue weighted by atomic mass is 10.1. The molecule has 1 amide bonds. The van der Waals surface area contributed by atoms with Crippen LogP contribution in [-0.4, -0.2) is 33.2 Å². The summed E-state index contributed by atoms with van der Waals surface area (Å²) in [7, 11) is 0. The van der Waals surface area contributed by atoms with E-state index in [-0.39, 0.29) is 27.7 Å². The maximum absolute atomic E-state index is 11.9. The molecule has 1 heterocycles. The number of thioether (sulfide) groups is 1. The van der Waals surface area contributed by atoms with Gasteiger partial charge >= 0.3 is 0 Å². The smallest absolute Gasteiger partial charge is 0.255 e. The molecule has 0 radical (unpaired) electrons. The molecule has 1 aliphatic heterocycles. The largest absolute Gasteiger partial charge is 0.504 e. The van der Waals surface area contributed by atoms with Gasteiger partial charge in [-0.15, -0.1) is 0 Å². The number of carbonyl (C=O) groups is 1. The van der Waals surface area contributed by atoms with E-state index in [1.54, 1.807) is 0 Å². The molecular weight excluding hydrogens is 250 g/mol. The lowest BCUT2D eigenvalue weighted by Crippen LogP contribution is -2.36. The first-order valence-electron chi connectivity index (χ1n) is 5.95. The number of hydrogen-bond donors (Lipinski definition) is 3. The second-order valence-corrected chi connectivity index (χ2v) is 6.44. The Balaban J connectivity index is 2.01. The Morgan fingerprint density at radius 2 is 2.28 bits per heavy atom. The molecule has 1 saturated heterocycles. The third-order valence-electron chi connectivity index (χ3n) is 3.18. The minimum atomic E-state index is -0.362. The van der Waals surface area contributed by atoms with E-state index in [0.29, 0.717) is 6.54 Å². The number of benzene rings is 1. The monoisotopic (exact) mass is 267 g/mol. The van der Waals surface area contributed by atoms with E-state index in [0.717, 1.165) is 12.2 Å². The van der Waals surface area contributed by atoms with Gasteiger partial charge in [-0.3, -0.25) is 4.79 Å². The number of rotatable bonds is 3. The van der Waals surface area contributed by atoms with E-state index in [1.165, 1.54) is 24.6 Å². The van der Waals surface area contributed by atoms with Crippen LogP contribution in [-0.2, 0) is 0 Å². The van der Waals surface area contributed by atoms with Crippen LogP contribution < -0.4 is 5.32 Å². The van der Waals surface area contributed by atoms with E-state index in [2.05, 4.69) is 12.2 Å². The lowest BCUT2D eigenvalue weighted by molar-refractivity contribution is 0.0946. The van der Waals surface area contributed by atoms with Crippen molar-refractivity contribution in [3.05, 3.63) is 23.8 Å². The Morgan fingerprint density at radius 1 is 1.50 bits per heavy atom. The predicted octanol–water partition coefficient (Wildman–Crippen LogP) is 2.11. The number of carbonyl (C=O) groups excluding carboxylic acids is 1. The van der Waals surface area contributed by atoms with Crippen LogP contribution in [0, 0.1) is 0 Å². The molecule has 1 atom stereocenters. The van der Waals surface area contributed by atoms with Crippen LogP contribution in [0.5, 0.6) is 11.5 Å². The first-order valence-corrected chi connectivity index (χ1v) is 6.93. The number of phenols is 2. The average molecular weight is 267 g/mol. The summed E-state index contributed by atoms with van der Waals surface area (Å²) >= 11 is 1.86. The van der Waals surface area contributed by atoms with Crippen molar-refractivity contribution in [1.82, 2.24) is 5.32 Å². The van der Waals surface area contributed by atoms with Gasteiger partial charge in [-0.25, -0.2) is 0 Å². The molecule has 18 heavy (non-hydrogen) atoms. The molecule has 0 spiro atoms. The van der Waals surface area contributed by atoms with Crippen LogP contribution in [0.25, 0.3) is 0 Å². The highest BCUT2D eigenvalue weighted by molar-refractivity contribution is 8.00. The molecule has 1 unspecified atom stereocenters. The molecule has 0 aliphatic carbocycles. The number of aromatic hydroxyl groups is 2. The van der Waals surface area contributed by atoms with Crippen molar-refractivity contribution in [3.63, 3.8) is 0 Å². The van der Waals surface area contributed by atoms with Crippen molar-refractivity contribution in [1.29, 1.82) is 0 Å². The van der Waals surface area contributed by atoms with E-state index in [1.807, 2.05) is 11.8 Å². The zero-order valence-corrected chi connectivity index (χ0v) is 11.1. The number of phenolic OH excluding ortho intramolecular Hbond substituents is 2. The number of para-hydroxylation sites is 1. The quantitative estimate of drug-likeness (QED) is 0.734. The van der Waals surface area contributed by atoms with E-state index in [9.17, 15) is 15.0 Å². The van der Waals surface area contributed by atoms with Gasteiger partial charge in [0.1, 0.15) is 0 Å². The first kappa shape index (κ1) is 13.1. The highest BCUT2D eigenvalue weighted by atomic mass is 32.2. The maximum atomic E-state index is 11.9. The molecule has 0 aromatic heterocycles. The van der Waals surface area contributed by atoms with Crippen molar-refractivity contribution in [2.24, 2.45) is 0 Å². The molecule has 1 fully saturated rings. The fourth-order valence-corrected chi connectivity index (χ4v) is 3.30. The fraction of sp³-hybridized carbons (Fsp3) is 0.462. The van der Waals surface area contributed by atoms with Crippen LogP contribution in [0.3, 0.4) is 0 Å². The zero-order valence-electron chi connectivity index (χ0n) is 10.3.